The van der Waals surface area contributed by atoms with Gasteiger partial charge >= 0.3 is 11.9 Å². The summed E-state index contributed by atoms with van der Waals surface area (Å²) in [6, 6.07) is 40.6. The molecule has 0 aliphatic carbocycles. The van der Waals surface area contributed by atoms with Crippen LogP contribution in [0.2, 0.25) is 0 Å². The van der Waals surface area contributed by atoms with Gasteiger partial charge in [-0.2, -0.15) is 0 Å². The molecule has 1 N–H and O–H groups in total. The summed E-state index contributed by atoms with van der Waals surface area (Å²) < 4.78 is 8.67. The van der Waals surface area contributed by atoms with E-state index in [9.17, 15) is 9.90 Å². The van der Waals surface area contributed by atoms with Crippen LogP contribution in [0.4, 0.5) is 0 Å². The van der Waals surface area contributed by atoms with Crippen LogP contribution in [0.25, 0.3) is 0 Å². The van der Waals surface area contributed by atoms with Crippen molar-refractivity contribution in [2.75, 3.05) is 25.0 Å². The highest BCUT2D eigenvalue weighted by Gasteiger charge is 2.51. The number of carboxylic acid groups (broad SMARTS) is 1. The van der Waals surface area contributed by atoms with Gasteiger partial charge in [0, 0.05) is 24.6 Å². The largest absolute Gasteiger partial charge is 1.00 e. The summed E-state index contributed by atoms with van der Waals surface area (Å²) in [5.41, 5.74) is 3.21. The van der Waals surface area contributed by atoms with Crippen LogP contribution in [0.5, 0.6) is 0 Å². The quantitative estimate of drug-likeness (QED) is 0.231. The number of hydrogen-bond donors (Lipinski definition) is 1. The standard InChI is InChI=1S/C20H22NO.C16H15BrO2.BrH/c1-3-9-17(10-4-1)20(18-11-5-2-6-12-18)13-16-22-19(20)21-14-7-8-15-21;17-12-11-16(15(18)19,13-7-3-1-4-8-13)14-9-5-2-6-10-14;/h1-6,9-12H,7-8,13-16H2;1-10H,11-12H2,(H,18,19);1H/q+1;;/p-1. The first-order valence-electron chi connectivity index (χ1n) is 14.4. The molecule has 0 atom stereocenters. The summed E-state index contributed by atoms with van der Waals surface area (Å²) in [5.74, 6) is 0.353. The molecule has 42 heavy (non-hydrogen) atoms. The minimum absolute atomic E-state index is 0. The van der Waals surface area contributed by atoms with Crippen LogP contribution in [-0.2, 0) is 20.4 Å². The van der Waals surface area contributed by atoms with E-state index in [0.29, 0.717) is 11.8 Å². The molecule has 6 rings (SSSR count). The molecular formula is C36H37Br2NO3. The number of carboxylic acids is 1. The first-order valence-corrected chi connectivity index (χ1v) is 15.5. The molecule has 4 nitrogen and oxygen atoms in total. The third-order valence-electron chi connectivity index (χ3n) is 8.38. The lowest BCUT2D eigenvalue weighted by Gasteiger charge is -2.30. The lowest BCUT2D eigenvalue weighted by molar-refractivity contribution is -0.516. The number of alkyl halides is 1. The lowest BCUT2D eigenvalue weighted by atomic mass is 9.72. The maximum absolute atomic E-state index is 12.0. The van der Waals surface area contributed by atoms with E-state index in [2.05, 4.69) is 81.2 Å². The maximum Gasteiger partial charge on any atom is 0.351 e. The molecule has 2 heterocycles. The number of benzene rings is 4. The summed E-state index contributed by atoms with van der Waals surface area (Å²) in [4.78, 5) is 12.0. The molecule has 0 spiro atoms. The fourth-order valence-corrected chi connectivity index (χ4v) is 6.95. The summed E-state index contributed by atoms with van der Waals surface area (Å²) in [6.45, 7) is 3.04. The average Bonchev–Trinajstić information content (AvgIpc) is 3.73. The fraction of sp³-hybridized carbons (Fsp3) is 0.278. The summed E-state index contributed by atoms with van der Waals surface area (Å²) in [5, 5.41) is 10.5. The van der Waals surface area contributed by atoms with Crippen molar-refractivity contribution in [1.29, 1.82) is 0 Å². The zero-order valence-corrected chi connectivity index (χ0v) is 26.8. The van der Waals surface area contributed by atoms with Crippen molar-refractivity contribution in [1.82, 2.24) is 0 Å². The number of aliphatic carboxylic acids is 1. The van der Waals surface area contributed by atoms with Crippen molar-refractivity contribution >= 4 is 27.8 Å². The summed E-state index contributed by atoms with van der Waals surface area (Å²) in [6.07, 6.45) is 4.07. The van der Waals surface area contributed by atoms with Crippen molar-refractivity contribution in [3.63, 3.8) is 0 Å². The fourth-order valence-electron chi connectivity index (χ4n) is 6.36. The van der Waals surface area contributed by atoms with E-state index in [1.165, 1.54) is 29.9 Å². The number of halogens is 2. The number of nitrogens with zero attached hydrogens (tertiary/aromatic N) is 1. The Morgan fingerprint density at radius 2 is 1.19 bits per heavy atom. The molecule has 2 saturated heterocycles. The Labute approximate surface area is 268 Å². The maximum atomic E-state index is 12.0. The van der Waals surface area contributed by atoms with E-state index < -0.39 is 11.4 Å². The predicted molar refractivity (Wildman–Crippen MR) is 168 cm³/mol. The Bertz CT molecular complexity index is 1360. The van der Waals surface area contributed by atoms with Crippen LogP contribution in [0.1, 0.15) is 47.9 Å². The molecule has 0 unspecified atom stereocenters. The lowest BCUT2D eigenvalue weighted by Crippen LogP contribution is -3.00. The van der Waals surface area contributed by atoms with Crippen LogP contribution in [0.3, 0.4) is 0 Å². The number of ether oxygens (including phenoxy) is 1. The molecule has 2 aliphatic heterocycles. The van der Waals surface area contributed by atoms with E-state index in [0.717, 1.165) is 37.2 Å². The zero-order valence-electron chi connectivity index (χ0n) is 23.7. The number of rotatable bonds is 7. The van der Waals surface area contributed by atoms with Gasteiger partial charge in [-0.3, -0.25) is 4.79 Å². The monoisotopic (exact) mass is 689 g/mol. The van der Waals surface area contributed by atoms with Crippen molar-refractivity contribution in [3.8, 4) is 0 Å². The average molecular weight is 692 g/mol. The minimum Gasteiger partial charge on any atom is -1.00 e. The van der Waals surface area contributed by atoms with Gasteiger partial charge in [0.1, 0.15) is 23.9 Å². The Balaban J connectivity index is 0.000000191. The second-order valence-electron chi connectivity index (χ2n) is 10.6. The minimum atomic E-state index is -0.994. The Morgan fingerprint density at radius 1 is 0.762 bits per heavy atom. The second-order valence-corrected chi connectivity index (χ2v) is 11.4. The molecule has 0 aromatic heterocycles. The van der Waals surface area contributed by atoms with Gasteiger partial charge in [-0.15, -0.1) is 0 Å². The molecular weight excluding hydrogens is 654 g/mol. The van der Waals surface area contributed by atoms with Gasteiger partial charge in [0.15, 0.2) is 0 Å². The third-order valence-corrected chi connectivity index (χ3v) is 8.77. The molecule has 0 radical (unpaired) electrons. The first kappa shape index (κ1) is 31.7. The Kier molecular flexibility index (Phi) is 11.2. The third kappa shape index (κ3) is 6.25. The highest BCUT2D eigenvalue weighted by molar-refractivity contribution is 9.09. The molecule has 0 saturated carbocycles. The molecule has 6 heteroatoms. The molecule has 0 bridgehead atoms. The number of hydrogen-bond acceptors (Lipinski definition) is 2. The van der Waals surface area contributed by atoms with Gasteiger partial charge in [0.2, 0.25) is 0 Å². The molecule has 2 fully saturated rings. The second kappa shape index (κ2) is 14.8. The highest BCUT2D eigenvalue weighted by Crippen LogP contribution is 2.42. The van der Waals surface area contributed by atoms with Crippen LogP contribution >= 0.6 is 15.9 Å². The van der Waals surface area contributed by atoms with Gasteiger partial charge in [-0.25, -0.2) is 4.58 Å². The van der Waals surface area contributed by atoms with E-state index in [1.54, 1.807) is 0 Å². The summed E-state index contributed by atoms with van der Waals surface area (Å²) >= 11 is 3.38. The van der Waals surface area contributed by atoms with Crippen molar-refractivity contribution in [3.05, 3.63) is 144 Å². The van der Waals surface area contributed by atoms with Crippen LogP contribution in [0.15, 0.2) is 121 Å². The molecule has 4 aromatic rings. The highest BCUT2D eigenvalue weighted by atomic mass is 79.9. The van der Waals surface area contributed by atoms with Crippen molar-refractivity contribution in [2.24, 2.45) is 0 Å². The van der Waals surface area contributed by atoms with Crippen LogP contribution in [-0.4, -0.2) is 46.6 Å². The first-order chi connectivity index (χ1) is 20.1. The predicted octanol–water partition coefficient (Wildman–Crippen LogP) is 4.44. The summed E-state index contributed by atoms with van der Waals surface area (Å²) in [7, 11) is 0. The van der Waals surface area contributed by atoms with Gasteiger partial charge in [-0.1, -0.05) is 137 Å². The van der Waals surface area contributed by atoms with E-state index in [-0.39, 0.29) is 22.4 Å². The topological polar surface area (TPSA) is 49.5 Å². The smallest absolute Gasteiger partial charge is 0.351 e. The Hall–Kier alpha value is -3.22. The Morgan fingerprint density at radius 3 is 1.60 bits per heavy atom. The number of carbonyl (C=O) groups is 1. The van der Waals surface area contributed by atoms with Gasteiger partial charge in [-0.05, 0) is 28.7 Å². The van der Waals surface area contributed by atoms with Gasteiger partial charge < -0.3 is 26.8 Å². The van der Waals surface area contributed by atoms with E-state index in [1.807, 2.05) is 60.7 Å². The molecule has 0 amide bonds. The van der Waals surface area contributed by atoms with Crippen molar-refractivity contribution < 1.29 is 36.2 Å². The van der Waals surface area contributed by atoms with Gasteiger partial charge in [0.05, 0.1) is 6.61 Å². The molecule has 218 valence electrons. The van der Waals surface area contributed by atoms with Crippen LogP contribution in [0, 0.1) is 0 Å². The molecule has 2 aliphatic rings. The van der Waals surface area contributed by atoms with Crippen LogP contribution < -0.4 is 17.0 Å². The van der Waals surface area contributed by atoms with E-state index in [4.69, 9.17) is 4.74 Å². The zero-order chi connectivity index (χ0) is 28.5. The molecule has 4 aromatic carbocycles. The van der Waals surface area contributed by atoms with E-state index >= 15 is 0 Å². The van der Waals surface area contributed by atoms with Gasteiger partial charge in [0.25, 0.3) is 0 Å². The normalized spacial score (nSPS) is 15.6. The SMILES string of the molecule is O=C(O)C(CCBr)(c1ccccc1)c1ccccc1.[Br-].c1ccc(C2(c3ccccc3)CCOC2=[N+]2CCCC2)cc1. The van der Waals surface area contributed by atoms with Crippen molar-refractivity contribution in [2.45, 2.75) is 36.5 Å².